The molecule has 0 amide bonds. The van der Waals surface area contributed by atoms with Crippen LogP contribution in [0.5, 0.6) is 5.75 Å². The van der Waals surface area contributed by atoms with Gasteiger partial charge < -0.3 is 10.1 Å². The molecule has 5 rings (SSSR count). The van der Waals surface area contributed by atoms with E-state index in [9.17, 15) is 0 Å². The highest BCUT2D eigenvalue weighted by atomic mass is 19.1. The molecule has 0 saturated carbocycles. The number of pyridine rings is 1. The fraction of sp³-hybridized carbons (Fsp3) is 0.231. The van der Waals surface area contributed by atoms with E-state index in [1.54, 1.807) is 29.2 Å². The van der Waals surface area contributed by atoms with E-state index < -0.39 is 11.6 Å². The Morgan fingerprint density at radius 1 is 1.03 bits per heavy atom. The van der Waals surface area contributed by atoms with Crippen molar-refractivity contribution < 1.29 is 13.5 Å². The van der Waals surface area contributed by atoms with Crippen LogP contribution in [0, 0.1) is 11.6 Å². The summed E-state index contributed by atoms with van der Waals surface area (Å²) in [6.07, 6.45) is 3.30. The van der Waals surface area contributed by atoms with Gasteiger partial charge in [0.1, 0.15) is 23.9 Å². The number of nitrogens with one attached hydrogen (secondary N) is 1. The van der Waals surface area contributed by atoms with E-state index in [4.69, 9.17) is 4.74 Å². The van der Waals surface area contributed by atoms with Gasteiger partial charge in [-0.3, -0.25) is 4.98 Å². The zero-order valence-electron chi connectivity index (χ0n) is 18.5. The summed E-state index contributed by atoms with van der Waals surface area (Å²) in [4.78, 5) is 4.04. The fourth-order valence-electron chi connectivity index (χ4n) is 4.04. The van der Waals surface area contributed by atoms with Gasteiger partial charge in [-0.1, -0.05) is 38.1 Å². The maximum Gasteiger partial charge on any atom is 0.165 e. The largest absolute Gasteiger partial charge is 0.486 e. The van der Waals surface area contributed by atoms with Gasteiger partial charge in [0.05, 0.1) is 12.1 Å². The molecule has 2 aromatic carbocycles. The summed E-state index contributed by atoms with van der Waals surface area (Å²) >= 11 is 0. The second-order valence-corrected chi connectivity index (χ2v) is 8.41. The number of aromatic nitrogens is 3. The van der Waals surface area contributed by atoms with Crippen LogP contribution in [0.2, 0.25) is 0 Å². The van der Waals surface area contributed by atoms with E-state index in [2.05, 4.69) is 29.2 Å². The van der Waals surface area contributed by atoms with Crippen molar-refractivity contribution in [2.75, 3.05) is 11.9 Å². The molecule has 1 aliphatic rings. The molecule has 7 heteroatoms. The van der Waals surface area contributed by atoms with Gasteiger partial charge in [0.25, 0.3) is 0 Å². The Kier molecular flexibility index (Phi) is 5.54. The smallest absolute Gasteiger partial charge is 0.165 e. The van der Waals surface area contributed by atoms with Crippen molar-refractivity contribution in [2.24, 2.45) is 0 Å². The number of halogens is 2. The van der Waals surface area contributed by atoms with Crippen molar-refractivity contribution in [1.82, 2.24) is 14.8 Å². The van der Waals surface area contributed by atoms with Crippen molar-refractivity contribution in [1.29, 1.82) is 0 Å². The van der Waals surface area contributed by atoms with E-state index in [0.717, 1.165) is 17.2 Å². The molecule has 0 saturated heterocycles. The monoisotopic (exact) mass is 446 g/mol. The summed E-state index contributed by atoms with van der Waals surface area (Å²) in [5.41, 5.74) is 4.15. The van der Waals surface area contributed by atoms with Crippen molar-refractivity contribution >= 4 is 5.82 Å². The molecule has 2 aromatic heterocycles. The highest BCUT2D eigenvalue weighted by Crippen LogP contribution is 2.41. The van der Waals surface area contributed by atoms with Gasteiger partial charge in [0, 0.05) is 36.1 Å². The van der Waals surface area contributed by atoms with Gasteiger partial charge >= 0.3 is 0 Å². The first-order valence-corrected chi connectivity index (χ1v) is 11.0. The molecule has 5 nitrogen and oxygen atoms in total. The van der Waals surface area contributed by atoms with Gasteiger partial charge in [0.15, 0.2) is 11.6 Å². The zero-order valence-corrected chi connectivity index (χ0v) is 18.5. The van der Waals surface area contributed by atoms with Crippen molar-refractivity contribution in [3.05, 3.63) is 83.7 Å². The molecule has 4 aromatic rings. The van der Waals surface area contributed by atoms with Gasteiger partial charge in [0.2, 0.25) is 0 Å². The molecule has 0 radical (unpaired) electrons. The number of fused-ring (bicyclic) bond motifs is 1. The third kappa shape index (κ3) is 4.06. The average molecular weight is 447 g/mol. The van der Waals surface area contributed by atoms with Gasteiger partial charge in [-0.15, -0.1) is 0 Å². The minimum atomic E-state index is -0.621. The lowest BCUT2D eigenvalue weighted by Crippen LogP contribution is -2.01. The normalized spacial score (nSPS) is 12.6. The predicted octanol–water partition coefficient (Wildman–Crippen LogP) is 6.02. The molecule has 0 atom stereocenters. The Labute approximate surface area is 191 Å². The summed E-state index contributed by atoms with van der Waals surface area (Å²) in [5.74, 6) is -0.202. The van der Waals surface area contributed by atoms with E-state index in [0.29, 0.717) is 36.1 Å². The lowest BCUT2D eigenvalue weighted by Gasteiger charge is -2.12. The standard InChI is InChI=1S/C26H24F2N4O/c1-16(2)18-5-3-17(4-6-18)15-33-23-14-21(27)20(13-22(23)28)24-25(19-7-9-29-10-8-19)31-32-12-11-30-26(24)32/h3-10,13-14,16,30H,11-12,15H2,1-2H3. The van der Waals surface area contributed by atoms with Crippen LogP contribution in [0.1, 0.15) is 30.9 Å². The molecular formula is C26H24F2N4O. The molecule has 168 valence electrons. The number of hydrogen-bond acceptors (Lipinski definition) is 4. The van der Waals surface area contributed by atoms with E-state index in [-0.39, 0.29) is 17.9 Å². The molecule has 33 heavy (non-hydrogen) atoms. The molecule has 1 N–H and O–H groups in total. The van der Waals surface area contributed by atoms with Crippen LogP contribution in [-0.4, -0.2) is 21.3 Å². The number of ether oxygens (including phenoxy) is 1. The highest BCUT2D eigenvalue weighted by molar-refractivity contribution is 5.89. The summed E-state index contributed by atoms with van der Waals surface area (Å²) in [6.45, 7) is 5.75. The van der Waals surface area contributed by atoms with Crippen molar-refractivity contribution in [3.63, 3.8) is 0 Å². The summed E-state index contributed by atoms with van der Waals surface area (Å²) < 4.78 is 37.7. The lowest BCUT2D eigenvalue weighted by atomic mass is 10.0. The van der Waals surface area contributed by atoms with E-state index in [1.165, 1.54) is 11.6 Å². The Bertz CT molecular complexity index is 1280. The van der Waals surface area contributed by atoms with Crippen LogP contribution < -0.4 is 10.1 Å². The van der Waals surface area contributed by atoms with Gasteiger partial charge in [-0.2, -0.15) is 5.10 Å². The van der Waals surface area contributed by atoms with Crippen molar-refractivity contribution in [3.8, 4) is 28.1 Å². The minimum absolute atomic E-state index is 0.119. The van der Waals surface area contributed by atoms with Crippen LogP contribution in [-0.2, 0) is 13.2 Å². The number of rotatable bonds is 6. The molecule has 1 aliphatic heterocycles. The molecular weight excluding hydrogens is 422 g/mol. The fourth-order valence-corrected chi connectivity index (χ4v) is 4.04. The predicted molar refractivity (Wildman–Crippen MR) is 124 cm³/mol. The quantitative estimate of drug-likeness (QED) is 0.394. The molecule has 0 bridgehead atoms. The first kappa shape index (κ1) is 21.1. The van der Waals surface area contributed by atoms with Crippen LogP contribution in [0.3, 0.4) is 0 Å². The Morgan fingerprint density at radius 3 is 2.52 bits per heavy atom. The Balaban J connectivity index is 1.46. The van der Waals surface area contributed by atoms with Crippen LogP contribution in [0.4, 0.5) is 14.6 Å². The first-order chi connectivity index (χ1) is 16.0. The third-order valence-corrected chi connectivity index (χ3v) is 5.85. The topological polar surface area (TPSA) is 52.0 Å². The average Bonchev–Trinajstić information content (AvgIpc) is 3.42. The van der Waals surface area contributed by atoms with Gasteiger partial charge in [-0.05, 0) is 35.2 Å². The van der Waals surface area contributed by atoms with Gasteiger partial charge in [-0.25, -0.2) is 13.5 Å². The third-order valence-electron chi connectivity index (χ3n) is 5.85. The second-order valence-electron chi connectivity index (χ2n) is 8.41. The minimum Gasteiger partial charge on any atom is -0.486 e. The SMILES string of the molecule is CC(C)c1ccc(COc2cc(F)c(-c3c(-c4ccncc4)nn4c3NCC4)cc2F)cc1. The summed E-state index contributed by atoms with van der Waals surface area (Å²) in [7, 11) is 0. The maximum atomic E-state index is 15.3. The van der Waals surface area contributed by atoms with E-state index >= 15 is 8.78 Å². The number of benzene rings is 2. The molecule has 0 spiro atoms. The maximum absolute atomic E-state index is 15.3. The summed E-state index contributed by atoms with van der Waals surface area (Å²) in [5, 5.41) is 7.87. The highest BCUT2D eigenvalue weighted by Gasteiger charge is 2.27. The molecule has 0 unspecified atom stereocenters. The molecule has 0 aliphatic carbocycles. The van der Waals surface area contributed by atoms with Crippen LogP contribution in [0.15, 0.2) is 60.9 Å². The summed E-state index contributed by atoms with van der Waals surface area (Å²) in [6, 6.07) is 13.9. The second kappa shape index (κ2) is 8.65. The number of anilines is 1. The molecule has 3 heterocycles. The Morgan fingerprint density at radius 2 is 1.79 bits per heavy atom. The van der Waals surface area contributed by atoms with Crippen LogP contribution >= 0.6 is 0 Å². The zero-order chi connectivity index (χ0) is 22.9. The Hall–Kier alpha value is -3.74. The number of hydrogen-bond donors (Lipinski definition) is 1. The molecule has 0 fully saturated rings. The van der Waals surface area contributed by atoms with Crippen molar-refractivity contribution in [2.45, 2.75) is 32.9 Å². The van der Waals surface area contributed by atoms with Crippen LogP contribution in [0.25, 0.3) is 22.4 Å². The number of nitrogens with zero attached hydrogens (tertiary/aromatic N) is 3. The van der Waals surface area contributed by atoms with E-state index in [1.807, 2.05) is 24.3 Å². The first-order valence-electron chi connectivity index (χ1n) is 11.0. The lowest BCUT2D eigenvalue weighted by molar-refractivity contribution is 0.288.